The van der Waals surface area contributed by atoms with Crippen molar-refractivity contribution < 1.29 is 13.2 Å². The van der Waals surface area contributed by atoms with Crippen molar-refractivity contribution in [3.8, 4) is 11.8 Å². The van der Waals surface area contributed by atoms with E-state index in [0.717, 1.165) is 6.07 Å². The van der Waals surface area contributed by atoms with Gasteiger partial charge in [0.25, 0.3) is 0 Å². The maximum Gasteiger partial charge on any atom is 0.182 e. The zero-order valence-corrected chi connectivity index (χ0v) is 10.00. The van der Waals surface area contributed by atoms with Crippen LogP contribution in [0.2, 0.25) is 0 Å². The second-order valence-corrected chi connectivity index (χ2v) is 4.65. The predicted octanol–water partition coefficient (Wildman–Crippen LogP) is 3.57. The van der Waals surface area contributed by atoms with Crippen molar-refractivity contribution in [1.82, 2.24) is 0 Å². The second-order valence-electron chi connectivity index (χ2n) is 4.65. The molecule has 0 saturated carbocycles. The zero-order valence-electron chi connectivity index (χ0n) is 10.00. The fourth-order valence-electron chi connectivity index (χ4n) is 1.13. The van der Waals surface area contributed by atoms with E-state index in [2.05, 4.69) is 17.2 Å². The van der Waals surface area contributed by atoms with Gasteiger partial charge in [-0.1, -0.05) is 11.8 Å². The molecule has 0 unspecified atom stereocenters. The van der Waals surface area contributed by atoms with E-state index in [9.17, 15) is 13.2 Å². The Bertz CT molecular complexity index is 464. The lowest BCUT2D eigenvalue weighted by Gasteiger charge is -2.08. The van der Waals surface area contributed by atoms with E-state index in [-0.39, 0.29) is 17.6 Å². The highest BCUT2D eigenvalue weighted by atomic mass is 19.2. The van der Waals surface area contributed by atoms with Gasteiger partial charge < -0.3 is 5.32 Å². The monoisotopic (exact) mass is 241 g/mol. The molecule has 0 aromatic heterocycles. The number of hydrogen-bond acceptors (Lipinski definition) is 1. The summed E-state index contributed by atoms with van der Waals surface area (Å²) in [6.45, 7) is 5.93. The van der Waals surface area contributed by atoms with Crippen molar-refractivity contribution in [2.45, 2.75) is 20.8 Å². The highest BCUT2D eigenvalue weighted by Crippen LogP contribution is 2.18. The molecule has 0 fully saturated rings. The quantitative estimate of drug-likeness (QED) is 0.616. The van der Waals surface area contributed by atoms with Gasteiger partial charge in [0.15, 0.2) is 11.6 Å². The fraction of sp³-hybridized carbons (Fsp3) is 0.385. The summed E-state index contributed by atoms with van der Waals surface area (Å²) in [4.78, 5) is 0. The third-order valence-corrected chi connectivity index (χ3v) is 1.82. The smallest absolute Gasteiger partial charge is 0.182 e. The first-order valence-corrected chi connectivity index (χ1v) is 5.18. The van der Waals surface area contributed by atoms with Crippen molar-refractivity contribution in [2.75, 3.05) is 11.9 Å². The van der Waals surface area contributed by atoms with Gasteiger partial charge in [-0.05, 0) is 20.8 Å². The minimum Gasteiger partial charge on any atom is -0.372 e. The molecule has 1 rings (SSSR count). The topological polar surface area (TPSA) is 12.0 Å². The third kappa shape index (κ3) is 4.39. The van der Waals surface area contributed by atoms with Crippen molar-refractivity contribution in [3.63, 3.8) is 0 Å². The van der Waals surface area contributed by atoms with Gasteiger partial charge in [0.1, 0.15) is 5.82 Å². The van der Waals surface area contributed by atoms with Gasteiger partial charge in [0.05, 0.1) is 12.2 Å². The Hall–Kier alpha value is -1.63. The molecule has 1 aromatic carbocycles. The van der Waals surface area contributed by atoms with Gasteiger partial charge in [-0.25, -0.2) is 13.2 Å². The summed E-state index contributed by atoms with van der Waals surface area (Å²) in [6.07, 6.45) is 0. The number of halogens is 3. The molecule has 1 nitrogen and oxygen atoms in total. The molecule has 0 bridgehead atoms. The Morgan fingerprint density at radius 1 is 1.18 bits per heavy atom. The van der Waals surface area contributed by atoms with E-state index in [1.54, 1.807) is 0 Å². The molecule has 17 heavy (non-hydrogen) atoms. The van der Waals surface area contributed by atoms with Crippen LogP contribution in [0.25, 0.3) is 0 Å². The van der Waals surface area contributed by atoms with Gasteiger partial charge >= 0.3 is 0 Å². The highest BCUT2D eigenvalue weighted by molar-refractivity contribution is 5.46. The van der Waals surface area contributed by atoms with E-state index in [1.807, 2.05) is 20.8 Å². The SMILES string of the molecule is CC(C)(C)C#CCNc1cc(F)cc(F)c1F. The molecule has 0 heterocycles. The van der Waals surface area contributed by atoms with E-state index in [1.165, 1.54) is 0 Å². The highest BCUT2D eigenvalue weighted by Gasteiger charge is 2.10. The molecule has 0 spiro atoms. The van der Waals surface area contributed by atoms with Crippen LogP contribution in [0.3, 0.4) is 0 Å². The lowest BCUT2D eigenvalue weighted by Crippen LogP contribution is -2.05. The van der Waals surface area contributed by atoms with Crippen molar-refractivity contribution >= 4 is 5.69 Å². The van der Waals surface area contributed by atoms with Gasteiger partial charge in [-0.15, -0.1) is 0 Å². The summed E-state index contributed by atoms with van der Waals surface area (Å²) in [5.74, 6) is 2.56. The molecule has 1 N–H and O–H groups in total. The average Bonchev–Trinajstić information content (AvgIpc) is 2.18. The van der Waals surface area contributed by atoms with Gasteiger partial charge in [-0.3, -0.25) is 0 Å². The maximum atomic E-state index is 13.2. The Labute approximate surface area is 99.0 Å². The summed E-state index contributed by atoms with van der Waals surface area (Å²) in [6, 6.07) is 1.40. The standard InChI is InChI=1S/C13H14F3N/c1-13(2,3)5-4-6-17-11-8-9(14)7-10(15)12(11)16/h7-8,17H,6H2,1-3H3. The van der Waals surface area contributed by atoms with Gasteiger partial charge in [-0.2, -0.15) is 0 Å². The minimum atomic E-state index is -1.21. The first kappa shape index (κ1) is 13.4. The molecule has 0 aliphatic heterocycles. The molecule has 4 heteroatoms. The molecule has 0 aliphatic rings. The van der Waals surface area contributed by atoms with Crippen LogP contribution in [0.5, 0.6) is 0 Å². The zero-order chi connectivity index (χ0) is 13.1. The number of rotatable bonds is 2. The van der Waals surface area contributed by atoms with E-state index < -0.39 is 17.5 Å². The molecule has 0 aliphatic carbocycles. The lowest BCUT2D eigenvalue weighted by molar-refractivity contribution is 0.497. The van der Waals surface area contributed by atoms with Crippen LogP contribution >= 0.6 is 0 Å². The Balaban J connectivity index is 2.73. The van der Waals surface area contributed by atoms with Gasteiger partial charge in [0, 0.05) is 17.5 Å². The normalized spacial score (nSPS) is 10.7. The fourth-order valence-corrected chi connectivity index (χ4v) is 1.13. The van der Waals surface area contributed by atoms with Crippen molar-refractivity contribution in [3.05, 3.63) is 29.6 Å². The van der Waals surface area contributed by atoms with Crippen LogP contribution in [-0.4, -0.2) is 6.54 Å². The second kappa shape index (κ2) is 5.13. The largest absolute Gasteiger partial charge is 0.372 e. The number of anilines is 1. The predicted molar refractivity (Wildman–Crippen MR) is 62.0 cm³/mol. The Kier molecular flexibility index (Phi) is 4.06. The molecule has 0 amide bonds. The molecule has 92 valence electrons. The van der Waals surface area contributed by atoms with Crippen LogP contribution in [0.4, 0.5) is 18.9 Å². The number of nitrogens with one attached hydrogen (secondary N) is 1. The summed E-state index contributed by atoms with van der Waals surface area (Å²) in [5.41, 5.74) is -0.376. The molecule has 0 saturated heterocycles. The summed E-state index contributed by atoms with van der Waals surface area (Å²) in [7, 11) is 0. The van der Waals surface area contributed by atoms with Crippen molar-refractivity contribution in [1.29, 1.82) is 0 Å². The van der Waals surface area contributed by atoms with Crippen molar-refractivity contribution in [2.24, 2.45) is 5.41 Å². The number of hydrogen-bond donors (Lipinski definition) is 1. The molecular formula is C13H14F3N. The van der Waals surface area contributed by atoms with Crippen LogP contribution in [0.1, 0.15) is 20.8 Å². The van der Waals surface area contributed by atoms with E-state index in [4.69, 9.17) is 0 Å². The maximum absolute atomic E-state index is 13.2. The number of benzene rings is 1. The first-order chi connectivity index (χ1) is 7.79. The molecule has 0 atom stereocenters. The summed E-state index contributed by atoms with van der Waals surface area (Å²) in [5, 5.41) is 2.54. The van der Waals surface area contributed by atoms with Crippen LogP contribution in [0, 0.1) is 34.7 Å². The van der Waals surface area contributed by atoms with E-state index >= 15 is 0 Å². The average molecular weight is 241 g/mol. The molecule has 0 radical (unpaired) electrons. The Morgan fingerprint density at radius 3 is 2.41 bits per heavy atom. The summed E-state index contributed by atoms with van der Waals surface area (Å²) >= 11 is 0. The molecule has 1 aromatic rings. The first-order valence-electron chi connectivity index (χ1n) is 5.18. The van der Waals surface area contributed by atoms with Crippen LogP contribution < -0.4 is 5.32 Å². The molecular weight excluding hydrogens is 227 g/mol. The minimum absolute atomic E-state index is 0.136. The Morgan fingerprint density at radius 2 is 1.82 bits per heavy atom. The summed E-state index contributed by atoms with van der Waals surface area (Å²) < 4.78 is 38.9. The van der Waals surface area contributed by atoms with Crippen LogP contribution in [0.15, 0.2) is 12.1 Å². The van der Waals surface area contributed by atoms with E-state index in [0.29, 0.717) is 6.07 Å². The van der Waals surface area contributed by atoms with Crippen LogP contribution in [-0.2, 0) is 0 Å². The lowest BCUT2D eigenvalue weighted by atomic mass is 9.98. The van der Waals surface area contributed by atoms with Gasteiger partial charge in [0.2, 0.25) is 0 Å². The third-order valence-electron chi connectivity index (χ3n) is 1.82.